The fraction of sp³-hybridized carbons (Fsp3) is 0.471. The van der Waals surface area contributed by atoms with Gasteiger partial charge in [0.1, 0.15) is 11.9 Å². The van der Waals surface area contributed by atoms with E-state index in [9.17, 15) is 0 Å². The molecule has 0 saturated carbocycles. The molecule has 0 atom stereocenters. The minimum absolute atomic E-state index is 0.247. The molecule has 0 radical (unpaired) electrons. The minimum Gasteiger partial charge on any atom is -0.493 e. The van der Waals surface area contributed by atoms with E-state index in [4.69, 9.17) is 15.2 Å². The zero-order chi connectivity index (χ0) is 16.4. The van der Waals surface area contributed by atoms with Gasteiger partial charge in [0.2, 0.25) is 0 Å². The topological polar surface area (TPSA) is 65.5 Å². The Labute approximate surface area is 136 Å². The highest BCUT2D eigenvalue weighted by Gasteiger charge is 2.20. The van der Waals surface area contributed by atoms with Crippen LogP contribution < -0.4 is 15.2 Å². The van der Waals surface area contributed by atoms with Crippen LogP contribution in [0.4, 0.5) is 5.82 Å². The van der Waals surface area contributed by atoms with Gasteiger partial charge >= 0.3 is 0 Å². The molecule has 2 aromatic rings. The lowest BCUT2D eigenvalue weighted by Gasteiger charge is -2.29. The first-order valence-corrected chi connectivity index (χ1v) is 7.90. The summed E-state index contributed by atoms with van der Waals surface area (Å²) < 4.78 is 13.3. The summed E-state index contributed by atoms with van der Waals surface area (Å²) >= 11 is 0. The Morgan fingerprint density at radius 2 is 1.87 bits per heavy atom. The summed E-state index contributed by atoms with van der Waals surface area (Å²) in [6, 6.07) is 7.75. The van der Waals surface area contributed by atoms with E-state index in [0.29, 0.717) is 5.82 Å². The largest absolute Gasteiger partial charge is 0.493 e. The molecule has 1 saturated heterocycles. The van der Waals surface area contributed by atoms with Crippen molar-refractivity contribution in [3.63, 3.8) is 0 Å². The molecule has 1 aliphatic rings. The standard InChI is InChI=1S/C17H24N4O2/c1-20-8-6-13(7-9-20)23-15-5-4-12(10-16(15)22-3)14-11-17(18)21(2)19-14/h4-5,10-11,13H,6-9,18H2,1-3H3. The van der Waals surface area contributed by atoms with Gasteiger partial charge in [-0.3, -0.25) is 4.68 Å². The zero-order valence-electron chi connectivity index (χ0n) is 14.0. The van der Waals surface area contributed by atoms with Crippen LogP contribution in [-0.4, -0.2) is 48.0 Å². The van der Waals surface area contributed by atoms with Gasteiger partial charge in [-0.15, -0.1) is 0 Å². The molecule has 0 amide bonds. The molecular weight excluding hydrogens is 292 g/mol. The highest BCUT2D eigenvalue weighted by atomic mass is 16.5. The summed E-state index contributed by atoms with van der Waals surface area (Å²) in [5, 5.41) is 4.40. The predicted octanol–water partition coefficient (Wildman–Crippen LogP) is 2.15. The van der Waals surface area contributed by atoms with Crippen molar-refractivity contribution < 1.29 is 9.47 Å². The summed E-state index contributed by atoms with van der Waals surface area (Å²) in [4.78, 5) is 2.33. The molecule has 23 heavy (non-hydrogen) atoms. The van der Waals surface area contributed by atoms with E-state index in [0.717, 1.165) is 48.7 Å². The highest BCUT2D eigenvalue weighted by Crippen LogP contribution is 2.34. The van der Waals surface area contributed by atoms with Gasteiger partial charge in [-0.2, -0.15) is 5.10 Å². The van der Waals surface area contributed by atoms with E-state index < -0.39 is 0 Å². The van der Waals surface area contributed by atoms with Gasteiger partial charge in [0.25, 0.3) is 0 Å². The van der Waals surface area contributed by atoms with Gasteiger partial charge in [-0.1, -0.05) is 0 Å². The first-order chi connectivity index (χ1) is 11.1. The smallest absolute Gasteiger partial charge is 0.161 e. The maximum absolute atomic E-state index is 6.14. The molecule has 1 aromatic heterocycles. The molecule has 0 unspecified atom stereocenters. The van der Waals surface area contributed by atoms with Crippen LogP contribution in [0.1, 0.15) is 12.8 Å². The number of ether oxygens (including phenoxy) is 2. The minimum atomic E-state index is 0.247. The first-order valence-electron chi connectivity index (χ1n) is 7.90. The molecule has 1 fully saturated rings. The lowest BCUT2D eigenvalue weighted by molar-refractivity contribution is 0.111. The van der Waals surface area contributed by atoms with Gasteiger partial charge in [0.05, 0.1) is 12.8 Å². The lowest BCUT2D eigenvalue weighted by atomic mass is 10.1. The average molecular weight is 316 g/mol. The van der Waals surface area contributed by atoms with Crippen molar-refractivity contribution >= 4 is 5.82 Å². The number of likely N-dealkylation sites (tertiary alicyclic amines) is 1. The fourth-order valence-electron chi connectivity index (χ4n) is 2.83. The maximum Gasteiger partial charge on any atom is 0.161 e. The van der Waals surface area contributed by atoms with Crippen LogP contribution in [0.5, 0.6) is 11.5 Å². The SMILES string of the molecule is COc1cc(-c2cc(N)n(C)n2)ccc1OC1CCN(C)CC1. The maximum atomic E-state index is 6.14. The molecule has 2 heterocycles. The average Bonchev–Trinajstić information content (AvgIpc) is 2.89. The van der Waals surface area contributed by atoms with Crippen molar-refractivity contribution in [1.29, 1.82) is 0 Å². The molecule has 1 aromatic carbocycles. The number of nitrogen functional groups attached to an aromatic ring is 1. The Morgan fingerprint density at radius 1 is 1.13 bits per heavy atom. The molecule has 3 rings (SSSR count). The number of nitrogens with zero attached hydrogens (tertiary/aromatic N) is 3. The van der Waals surface area contributed by atoms with Crippen LogP contribution in [0, 0.1) is 0 Å². The van der Waals surface area contributed by atoms with E-state index in [1.165, 1.54) is 0 Å². The third-order valence-electron chi connectivity index (χ3n) is 4.33. The van der Waals surface area contributed by atoms with Crippen LogP contribution in [0.2, 0.25) is 0 Å². The van der Waals surface area contributed by atoms with Gasteiger partial charge < -0.3 is 20.1 Å². The third kappa shape index (κ3) is 3.42. The number of aromatic nitrogens is 2. The second-order valence-electron chi connectivity index (χ2n) is 6.06. The number of piperidine rings is 1. The van der Waals surface area contributed by atoms with Gasteiger partial charge in [0.15, 0.2) is 11.5 Å². The molecule has 1 aliphatic heterocycles. The molecule has 6 heteroatoms. The van der Waals surface area contributed by atoms with Crippen LogP contribution in [0.25, 0.3) is 11.3 Å². The van der Waals surface area contributed by atoms with Gasteiger partial charge in [-0.05, 0) is 38.1 Å². The van der Waals surface area contributed by atoms with Crippen LogP contribution in [0.3, 0.4) is 0 Å². The molecule has 0 bridgehead atoms. The molecule has 0 spiro atoms. The summed E-state index contributed by atoms with van der Waals surface area (Å²) in [7, 11) is 5.63. The van der Waals surface area contributed by atoms with Crippen molar-refractivity contribution in [3.05, 3.63) is 24.3 Å². The fourth-order valence-corrected chi connectivity index (χ4v) is 2.83. The second-order valence-corrected chi connectivity index (χ2v) is 6.06. The van der Waals surface area contributed by atoms with Crippen LogP contribution >= 0.6 is 0 Å². The number of aryl methyl sites for hydroxylation is 1. The van der Waals surface area contributed by atoms with E-state index >= 15 is 0 Å². The number of nitrogens with two attached hydrogens (primary N) is 1. The number of rotatable bonds is 4. The van der Waals surface area contributed by atoms with Crippen LogP contribution in [-0.2, 0) is 7.05 Å². The first kappa shape index (κ1) is 15.7. The van der Waals surface area contributed by atoms with Crippen molar-refractivity contribution in [2.45, 2.75) is 18.9 Å². The number of anilines is 1. The number of hydrogen-bond donors (Lipinski definition) is 1. The van der Waals surface area contributed by atoms with E-state index in [1.807, 2.05) is 31.3 Å². The van der Waals surface area contributed by atoms with Crippen molar-refractivity contribution in [2.75, 3.05) is 33.0 Å². The Morgan fingerprint density at radius 3 is 2.48 bits per heavy atom. The Kier molecular flexibility index (Phi) is 4.43. The predicted molar refractivity (Wildman–Crippen MR) is 90.8 cm³/mol. The van der Waals surface area contributed by atoms with E-state index in [2.05, 4.69) is 17.0 Å². The molecule has 2 N–H and O–H groups in total. The highest BCUT2D eigenvalue weighted by molar-refractivity contribution is 5.66. The monoisotopic (exact) mass is 316 g/mol. The number of benzene rings is 1. The van der Waals surface area contributed by atoms with Gasteiger partial charge in [0, 0.05) is 31.8 Å². The molecule has 6 nitrogen and oxygen atoms in total. The second kappa shape index (κ2) is 6.50. The van der Waals surface area contributed by atoms with Crippen LogP contribution in [0.15, 0.2) is 24.3 Å². The van der Waals surface area contributed by atoms with E-state index in [-0.39, 0.29) is 6.10 Å². The Hall–Kier alpha value is -2.21. The van der Waals surface area contributed by atoms with Crippen molar-refractivity contribution in [2.24, 2.45) is 7.05 Å². The van der Waals surface area contributed by atoms with Gasteiger partial charge in [-0.25, -0.2) is 0 Å². The van der Waals surface area contributed by atoms with Crippen molar-refractivity contribution in [1.82, 2.24) is 14.7 Å². The number of methoxy groups -OCH3 is 1. The normalized spacial score (nSPS) is 16.5. The zero-order valence-corrected chi connectivity index (χ0v) is 14.0. The summed E-state index contributed by atoms with van der Waals surface area (Å²) in [6.07, 6.45) is 2.33. The van der Waals surface area contributed by atoms with E-state index in [1.54, 1.807) is 11.8 Å². The Balaban J connectivity index is 1.79. The van der Waals surface area contributed by atoms with Crippen molar-refractivity contribution in [3.8, 4) is 22.8 Å². The summed E-state index contributed by atoms with van der Waals surface area (Å²) in [5.74, 6) is 2.14. The Bertz CT molecular complexity index is 656. The third-order valence-corrected chi connectivity index (χ3v) is 4.33. The number of hydrogen-bond acceptors (Lipinski definition) is 5. The summed E-state index contributed by atoms with van der Waals surface area (Å²) in [5.41, 5.74) is 7.64. The lowest BCUT2D eigenvalue weighted by Crippen LogP contribution is -2.35. The molecular formula is C17H24N4O2. The molecule has 0 aliphatic carbocycles. The molecule has 124 valence electrons. The summed E-state index contributed by atoms with van der Waals surface area (Å²) in [6.45, 7) is 2.14. The quantitative estimate of drug-likeness (QED) is 0.936.